The molecule has 9 nitrogen and oxygen atoms in total. The van der Waals surface area contributed by atoms with Gasteiger partial charge in [0.05, 0.1) is 11.6 Å². The van der Waals surface area contributed by atoms with E-state index in [-0.39, 0.29) is 17.0 Å². The zero-order chi connectivity index (χ0) is 25.6. The number of hydrogen-bond acceptors (Lipinski definition) is 7. The van der Waals surface area contributed by atoms with Crippen LogP contribution in [-0.2, 0) is 18.4 Å². The van der Waals surface area contributed by atoms with Crippen LogP contribution >= 0.6 is 0 Å². The molecule has 0 bridgehead atoms. The molecule has 0 saturated heterocycles. The third kappa shape index (κ3) is 4.25. The van der Waals surface area contributed by atoms with E-state index in [9.17, 15) is 10.1 Å². The molecule has 9 heteroatoms. The second-order valence-electron chi connectivity index (χ2n) is 10.5. The van der Waals surface area contributed by atoms with E-state index in [2.05, 4.69) is 33.8 Å². The number of nitrogens with zero attached hydrogens (tertiary/aromatic N) is 6. The average Bonchev–Trinajstić information content (AvgIpc) is 3.15. The molecule has 0 spiro atoms. The molecule has 36 heavy (non-hydrogen) atoms. The number of nitriles is 1. The minimum absolute atomic E-state index is 0.164. The highest BCUT2D eigenvalue weighted by Gasteiger charge is 2.23. The first-order valence-corrected chi connectivity index (χ1v) is 12.2. The summed E-state index contributed by atoms with van der Waals surface area (Å²) in [6, 6.07) is 11.8. The number of nitrogens with one attached hydrogen (secondary N) is 2. The summed E-state index contributed by atoms with van der Waals surface area (Å²) in [7, 11) is 0. The Balaban J connectivity index is 1.67. The van der Waals surface area contributed by atoms with Gasteiger partial charge in [0.15, 0.2) is 11.5 Å². The van der Waals surface area contributed by atoms with Crippen molar-refractivity contribution in [3.05, 3.63) is 69.3 Å². The molecule has 0 unspecified atom stereocenters. The number of rotatable bonds is 4. The van der Waals surface area contributed by atoms with Crippen LogP contribution in [0.3, 0.4) is 0 Å². The lowest BCUT2D eigenvalue weighted by Crippen LogP contribution is -2.25. The van der Waals surface area contributed by atoms with Gasteiger partial charge in [-0.05, 0) is 56.1 Å². The van der Waals surface area contributed by atoms with Gasteiger partial charge in [0.1, 0.15) is 5.39 Å². The minimum Gasteiger partial charge on any atom is -0.324 e. The van der Waals surface area contributed by atoms with Crippen molar-refractivity contribution in [3.8, 4) is 11.9 Å². The van der Waals surface area contributed by atoms with Crippen molar-refractivity contribution >= 4 is 22.7 Å². The smallest absolute Gasteiger partial charge is 0.278 e. The summed E-state index contributed by atoms with van der Waals surface area (Å²) >= 11 is 0. The fraction of sp³-hybridized carbons (Fsp3) is 0.370. The highest BCUT2D eigenvalue weighted by Crippen LogP contribution is 2.26. The molecule has 1 aromatic carbocycles. The Hall–Kier alpha value is -4.03. The largest absolute Gasteiger partial charge is 0.324 e. The minimum atomic E-state index is -0.281. The van der Waals surface area contributed by atoms with Crippen LogP contribution in [0.25, 0.3) is 16.9 Å². The molecule has 0 radical (unpaired) electrons. The molecule has 0 aliphatic carbocycles. The van der Waals surface area contributed by atoms with Gasteiger partial charge in [0, 0.05) is 41.6 Å². The van der Waals surface area contributed by atoms with Crippen molar-refractivity contribution in [1.29, 1.82) is 5.26 Å². The third-order valence-electron chi connectivity index (χ3n) is 6.39. The fourth-order valence-corrected chi connectivity index (χ4v) is 4.50. The van der Waals surface area contributed by atoms with E-state index in [0.717, 1.165) is 30.9 Å². The Morgan fingerprint density at radius 3 is 2.67 bits per heavy atom. The molecule has 4 aromatic rings. The molecule has 5 rings (SSSR count). The Bertz CT molecular complexity index is 1570. The number of aromatic nitrogens is 5. The van der Waals surface area contributed by atoms with Crippen LogP contribution in [-0.4, -0.2) is 30.9 Å². The standard InChI is InChI=1S/C27H30N8O/c1-16(2)34-25(36)21-15-30-26(31-20-7-6-19-14-29-9-8-18(19)12-20)33-24(21)35(34)23-11-17(13-28)10-22(32-23)27(3,4)5/h6-7,10-12,15-16,29H,8-9,14H2,1-5H3,(H,30,31,33). The number of pyridine rings is 1. The summed E-state index contributed by atoms with van der Waals surface area (Å²) in [6.07, 6.45) is 2.53. The Labute approximate surface area is 209 Å². The van der Waals surface area contributed by atoms with Gasteiger partial charge in [-0.15, -0.1) is 0 Å². The van der Waals surface area contributed by atoms with Crippen LogP contribution in [0.1, 0.15) is 63.0 Å². The molecule has 1 aliphatic heterocycles. The SMILES string of the molecule is CC(C)n1c(=O)c2cnc(Nc3ccc4c(c3)CCNC4)nc2n1-c1cc(C#N)cc(C(C)(C)C)n1. The first-order chi connectivity index (χ1) is 17.2. The summed E-state index contributed by atoms with van der Waals surface area (Å²) in [5, 5.41) is 16.8. The highest BCUT2D eigenvalue weighted by atomic mass is 16.1. The summed E-state index contributed by atoms with van der Waals surface area (Å²) in [5.74, 6) is 0.865. The Morgan fingerprint density at radius 2 is 1.94 bits per heavy atom. The first kappa shape index (κ1) is 23.7. The van der Waals surface area contributed by atoms with Crippen LogP contribution in [0.4, 0.5) is 11.6 Å². The molecule has 0 atom stereocenters. The Kier molecular flexibility index (Phi) is 5.85. The molecular formula is C27H30N8O. The maximum Gasteiger partial charge on any atom is 0.278 e. The van der Waals surface area contributed by atoms with Crippen molar-refractivity contribution in [2.75, 3.05) is 11.9 Å². The van der Waals surface area contributed by atoms with E-state index >= 15 is 0 Å². The summed E-state index contributed by atoms with van der Waals surface area (Å²) in [4.78, 5) is 27.4. The van der Waals surface area contributed by atoms with Crippen LogP contribution in [0.15, 0.2) is 41.3 Å². The zero-order valence-electron chi connectivity index (χ0n) is 21.3. The van der Waals surface area contributed by atoms with Crippen LogP contribution in [0.5, 0.6) is 0 Å². The molecule has 0 amide bonds. The topological polar surface area (TPSA) is 113 Å². The number of benzene rings is 1. The number of fused-ring (bicyclic) bond motifs is 2. The second kappa shape index (κ2) is 8.88. The van der Waals surface area contributed by atoms with Crippen molar-refractivity contribution < 1.29 is 0 Å². The van der Waals surface area contributed by atoms with Gasteiger partial charge >= 0.3 is 0 Å². The summed E-state index contributed by atoms with van der Waals surface area (Å²) in [5.41, 5.74) is 4.69. The Morgan fingerprint density at radius 1 is 1.14 bits per heavy atom. The molecular weight excluding hydrogens is 452 g/mol. The van der Waals surface area contributed by atoms with Crippen molar-refractivity contribution in [2.24, 2.45) is 0 Å². The summed E-state index contributed by atoms with van der Waals surface area (Å²) in [6.45, 7) is 11.8. The average molecular weight is 483 g/mol. The molecule has 4 heterocycles. The molecule has 184 valence electrons. The van der Waals surface area contributed by atoms with Gasteiger partial charge in [-0.2, -0.15) is 10.2 Å². The summed E-state index contributed by atoms with van der Waals surface area (Å²) < 4.78 is 3.33. The van der Waals surface area contributed by atoms with E-state index in [4.69, 9.17) is 9.97 Å². The third-order valence-corrected chi connectivity index (χ3v) is 6.39. The lowest BCUT2D eigenvalue weighted by molar-refractivity contribution is 0.469. The van der Waals surface area contributed by atoms with E-state index in [0.29, 0.717) is 28.4 Å². The quantitative estimate of drug-likeness (QED) is 0.450. The fourth-order valence-electron chi connectivity index (χ4n) is 4.50. The normalized spacial score (nSPS) is 13.6. The monoisotopic (exact) mass is 482 g/mol. The van der Waals surface area contributed by atoms with Gasteiger partial charge in [-0.25, -0.2) is 19.3 Å². The zero-order valence-corrected chi connectivity index (χ0v) is 21.3. The van der Waals surface area contributed by atoms with Crippen LogP contribution in [0.2, 0.25) is 0 Å². The van der Waals surface area contributed by atoms with Gasteiger partial charge < -0.3 is 10.6 Å². The van der Waals surface area contributed by atoms with E-state index in [1.54, 1.807) is 27.7 Å². The molecule has 3 aromatic heterocycles. The number of anilines is 2. The second-order valence-corrected chi connectivity index (χ2v) is 10.5. The lowest BCUT2D eigenvalue weighted by atomic mass is 9.91. The predicted octanol–water partition coefficient (Wildman–Crippen LogP) is 4.12. The van der Waals surface area contributed by atoms with Gasteiger partial charge in [-0.1, -0.05) is 26.8 Å². The van der Waals surface area contributed by atoms with Crippen molar-refractivity contribution in [1.82, 2.24) is 29.6 Å². The van der Waals surface area contributed by atoms with Gasteiger partial charge in [-0.3, -0.25) is 4.79 Å². The molecule has 0 fully saturated rings. The van der Waals surface area contributed by atoms with E-state index < -0.39 is 0 Å². The maximum absolute atomic E-state index is 13.4. The molecule has 0 saturated carbocycles. The maximum atomic E-state index is 13.4. The lowest BCUT2D eigenvalue weighted by Gasteiger charge is -2.21. The van der Waals surface area contributed by atoms with Crippen LogP contribution < -0.4 is 16.2 Å². The van der Waals surface area contributed by atoms with Crippen molar-refractivity contribution in [3.63, 3.8) is 0 Å². The number of hydrogen-bond donors (Lipinski definition) is 2. The van der Waals surface area contributed by atoms with Gasteiger partial charge in [0.25, 0.3) is 5.56 Å². The highest BCUT2D eigenvalue weighted by molar-refractivity contribution is 5.77. The molecule has 2 N–H and O–H groups in total. The van der Waals surface area contributed by atoms with Crippen LogP contribution in [0, 0.1) is 11.3 Å². The molecule has 1 aliphatic rings. The van der Waals surface area contributed by atoms with Gasteiger partial charge in [0.2, 0.25) is 5.95 Å². The van der Waals surface area contributed by atoms with E-state index in [1.807, 2.05) is 40.7 Å². The van der Waals surface area contributed by atoms with E-state index in [1.165, 1.54) is 11.1 Å². The predicted molar refractivity (Wildman–Crippen MR) is 140 cm³/mol. The van der Waals surface area contributed by atoms with Crippen molar-refractivity contribution in [2.45, 2.75) is 59.0 Å². The first-order valence-electron chi connectivity index (χ1n) is 12.2.